The molecule has 0 spiro atoms. The average Bonchev–Trinajstić information content (AvgIpc) is 2.28. The van der Waals surface area contributed by atoms with Crippen LogP contribution in [0.5, 0.6) is 0 Å². The Kier molecular flexibility index (Phi) is 4.14. The molecule has 2 heterocycles. The summed E-state index contributed by atoms with van der Waals surface area (Å²) in [4.78, 5) is 19.1. The SMILES string of the molecule is Cc1nc(C)c(C(C)NN2CCCCC2)c(=O)[nH]1. The lowest BCUT2D eigenvalue weighted by Crippen LogP contribution is -2.44. The summed E-state index contributed by atoms with van der Waals surface area (Å²) in [7, 11) is 0. The molecule has 0 aliphatic carbocycles. The second kappa shape index (κ2) is 5.63. The highest BCUT2D eigenvalue weighted by Crippen LogP contribution is 2.14. The summed E-state index contributed by atoms with van der Waals surface area (Å²) < 4.78 is 0. The van der Waals surface area contributed by atoms with Crippen LogP contribution in [-0.4, -0.2) is 28.1 Å². The number of aryl methyl sites for hydroxylation is 2. The zero-order valence-corrected chi connectivity index (χ0v) is 11.4. The van der Waals surface area contributed by atoms with Gasteiger partial charge in [0.15, 0.2) is 0 Å². The molecule has 1 aliphatic heterocycles. The van der Waals surface area contributed by atoms with Crippen molar-refractivity contribution in [2.24, 2.45) is 0 Å². The van der Waals surface area contributed by atoms with Gasteiger partial charge in [-0.25, -0.2) is 15.4 Å². The van der Waals surface area contributed by atoms with Crippen molar-refractivity contribution in [3.8, 4) is 0 Å². The van der Waals surface area contributed by atoms with Crippen LogP contribution in [0.15, 0.2) is 4.79 Å². The molecule has 0 radical (unpaired) electrons. The van der Waals surface area contributed by atoms with Crippen LogP contribution in [0.25, 0.3) is 0 Å². The first kappa shape index (κ1) is 13.2. The Morgan fingerprint density at radius 3 is 2.56 bits per heavy atom. The molecule has 1 aliphatic rings. The number of nitrogens with zero attached hydrogens (tertiary/aromatic N) is 2. The number of hydrogen-bond acceptors (Lipinski definition) is 4. The van der Waals surface area contributed by atoms with E-state index in [1.165, 1.54) is 19.3 Å². The van der Waals surface area contributed by atoms with Crippen LogP contribution in [0.3, 0.4) is 0 Å². The Bertz CT molecular complexity index is 463. The van der Waals surface area contributed by atoms with Gasteiger partial charge in [0.25, 0.3) is 5.56 Å². The van der Waals surface area contributed by atoms with Crippen molar-refractivity contribution >= 4 is 0 Å². The van der Waals surface area contributed by atoms with Crippen LogP contribution in [0.4, 0.5) is 0 Å². The van der Waals surface area contributed by atoms with E-state index in [1.54, 1.807) is 6.92 Å². The van der Waals surface area contributed by atoms with Crippen molar-refractivity contribution in [3.05, 3.63) is 27.4 Å². The number of hydrogen-bond donors (Lipinski definition) is 2. The van der Waals surface area contributed by atoms with E-state index >= 15 is 0 Å². The maximum Gasteiger partial charge on any atom is 0.255 e. The summed E-state index contributed by atoms with van der Waals surface area (Å²) in [6.07, 6.45) is 3.75. The van der Waals surface area contributed by atoms with E-state index in [1.807, 2.05) is 13.8 Å². The Balaban J connectivity index is 2.13. The van der Waals surface area contributed by atoms with Crippen molar-refractivity contribution in [3.63, 3.8) is 0 Å². The van der Waals surface area contributed by atoms with Crippen molar-refractivity contribution < 1.29 is 0 Å². The highest BCUT2D eigenvalue weighted by molar-refractivity contribution is 5.19. The van der Waals surface area contributed by atoms with Gasteiger partial charge in [-0.05, 0) is 33.6 Å². The van der Waals surface area contributed by atoms with Gasteiger partial charge in [-0.2, -0.15) is 0 Å². The number of H-pyrrole nitrogens is 1. The van der Waals surface area contributed by atoms with E-state index in [9.17, 15) is 4.79 Å². The van der Waals surface area contributed by atoms with Crippen LogP contribution in [0.2, 0.25) is 0 Å². The van der Waals surface area contributed by atoms with Gasteiger partial charge in [0.2, 0.25) is 0 Å². The molecular formula is C13H22N4O. The molecular weight excluding hydrogens is 228 g/mol. The molecule has 0 saturated carbocycles. The summed E-state index contributed by atoms with van der Waals surface area (Å²) in [6.45, 7) is 7.83. The van der Waals surface area contributed by atoms with Crippen LogP contribution in [0.1, 0.15) is 49.3 Å². The van der Waals surface area contributed by atoms with Gasteiger partial charge in [0, 0.05) is 18.8 Å². The molecule has 1 aromatic rings. The minimum absolute atomic E-state index is 0.0000463. The van der Waals surface area contributed by atoms with Crippen molar-refractivity contribution in [2.75, 3.05) is 13.1 Å². The highest BCUT2D eigenvalue weighted by Gasteiger charge is 2.18. The molecule has 1 aromatic heterocycles. The second-order valence-electron chi connectivity index (χ2n) is 5.05. The molecule has 0 bridgehead atoms. The molecule has 100 valence electrons. The van der Waals surface area contributed by atoms with Gasteiger partial charge in [-0.3, -0.25) is 4.79 Å². The summed E-state index contributed by atoms with van der Waals surface area (Å²) in [6, 6.07) is -0.0000463. The van der Waals surface area contributed by atoms with E-state index in [2.05, 4.69) is 20.4 Å². The van der Waals surface area contributed by atoms with Crippen LogP contribution < -0.4 is 11.0 Å². The molecule has 18 heavy (non-hydrogen) atoms. The molecule has 1 unspecified atom stereocenters. The average molecular weight is 250 g/mol. The van der Waals surface area contributed by atoms with Gasteiger partial charge in [-0.1, -0.05) is 6.42 Å². The molecule has 2 N–H and O–H groups in total. The molecule has 0 amide bonds. The van der Waals surface area contributed by atoms with Gasteiger partial charge >= 0.3 is 0 Å². The summed E-state index contributed by atoms with van der Waals surface area (Å²) in [5.41, 5.74) is 4.93. The third-order valence-corrected chi connectivity index (χ3v) is 3.43. The maximum atomic E-state index is 12.0. The predicted octanol–water partition coefficient (Wildman–Crippen LogP) is 1.44. The lowest BCUT2D eigenvalue weighted by atomic mass is 10.1. The summed E-state index contributed by atoms with van der Waals surface area (Å²) in [5, 5.41) is 2.22. The van der Waals surface area contributed by atoms with Crippen LogP contribution >= 0.6 is 0 Å². The zero-order chi connectivity index (χ0) is 13.1. The number of aromatic amines is 1. The Labute approximate surface area is 108 Å². The third kappa shape index (κ3) is 2.97. The smallest absolute Gasteiger partial charge is 0.255 e. The lowest BCUT2D eigenvalue weighted by molar-refractivity contribution is 0.132. The molecule has 2 rings (SSSR count). The minimum atomic E-state index is -0.0305. The Morgan fingerprint density at radius 1 is 1.28 bits per heavy atom. The normalized spacial score (nSPS) is 18.8. The topological polar surface area (TPSA) is 61.0 Å². The van der Waals surface area contributed by atoms with Crippen LogP contribution in [0, 0.1) is 13.8 Å². The van der Waals surface area contributed by atoms with Crippen molar-refractivity contribution in [1.82, 2.24) is 20.4 Å². The number of rotatable bonds is 3. The largest absolute Gasteiger partial charge is 0.310 e. The zero-order valence-electron chi connectivity index (χ0n) is 11.4. The van der Waals surface area contributed by atoms with Crippen LogP contribution in [-0.2, 0) is 0 Å². The van der Waals surface area contributed by atoms with Gasteiger partial charge in [0.05, 0.1) is 11.6 Å². The maximum absolute atomic E-state index is 12.0. The van der Waals surface area contributed by atoms with Gasteiger partial charge in [0.1, 0.15) is 5.82 Å². The molecule has 5 heteroatoms. The fraction of sp³-hybridized carbons (Fsp3) is 0.692. The fourth-order valence-corrected chi connectivity index (χ4v) is 2.61. The van der Waals surface area contributed by atoms with Gasteiger partial charge in [-0.15, -0.1) is 0 Å². The standard InChI is InChI=1S/C13H22N4O/c1-9-12(13(18)15-11(3)14-9)10(2)16-17-7-5-4-6-8-17/h10,16H,4-8H2,1-3H3,(H,14,15,18). The van der Waals surface area contributed by atoms with Crippen molar-refractivity contribution in [1.29, 1.82) is 0 Å². The van der Waals surface area contributed by atoms with E-state index < -0.39 is 0 Å². The molecule has 5 nitrogen and oxygen atoms in total. The van der Waals surface area contributed by atoms with Crippen molar-refractivity contribution in [2.45, 2.75) is 46.1 Å². The Morgan fingerprint density at radius 2 is 1.94 bits per heavy atom. The second-order valence-corrected chi connectivity index (χ2v) is 5.05. The number of piperidine rings is 1. The third-order valence-electron chi connectivity index (χ3n) is 3.43. The monoisotopic (exact) mass is 250 g/mol. The summed E-state index contributed by atoms with van der Waals surface area (Å²) >= 11 is 0. The van der Waals surface area contributed by atoms with E-state index in [0.29, 0.717) is 5.82 Å². The lowest BCUT2D eigenvalue weighted by Gasteiger charge is -2.30. The molecule has 0 aromatic carbocycles. The molecule has 1 saturated heterocycles. The quantitative estimate of drug-likeness (QED) is 0.852. The first-order chi connectivity index (χ1) is 8.58. The van der Waals surface area contributed by atoms with E-state index in [0.717, 1.165) is 24.3 Å². The minimum Gasteiger partial charge on any atom is -0.310 e. The number of aromatic nitrogens is 2. The highest BCUT2D eigenvalue weighted by atomic mass is 16.1. The number of hydrazine groups is 1. The number of nitrogens with one attached hydrogen (secondary N) is 2. The Hall–Kier alpha value is -1.20. The fourth-order valence-electron chi connectivity index (χ4n) is 2.61. The molecule has 1 atom stereocenters. The molecule has 1 fully saturated rings. The predicted molar refractivity (Wildman–Crippen MR) is 71.3 cm³/mol. The summed E-state index contributed by atoms with van der Waals surface area (Å²) in [5.74, 6) is 0.673. The first-order valence-electron chi connectivity index (χ1n) is 6.66. The first-order valence-corrected chi connectivity index (χ1v) is 6.66. The van der Waals surface area contributed by atoms with E-state index in [-0.39, 0.29) is 11.6 Å². The van der Waals surface area contributed by atoms with E-state index in [4.69, 9.17) is 0 Å². The van der Waals surface area contributed by atoms with Gasteiger partial charge < -0.3 is 4.98 Å².